The summed E-state index contributed by atoms with van der Waals surface area (Å²) in [6, 6.07) is 14.5. The summed E-state index contributed by atoms with van der Waals surface area (Å²) in [5.74, 6) is 0.270. The van der Waals surface area contributed by atoms with Gasteiger partial charge in [-0.3, -0.25) is 9.52 Å². The molecule has 2 N–H and O–H groups in total. The second-order valence-electron chi connectivity index (χ2n) is 8.99. The minimum Gasteiger partial charge on any atom is -0.280 e. The summed E-state index contributed by atoms with van der Waals surface area (Å²) in [6.45, 7) is 6.82. The molecule has 1 amide bonds. The Bertz CT molecular complexity index is 1090. The molecule has 6 nitrogen and oxygen atoms in total. The van der Waals surface area contributed by atoms with Crippen molar-refractivity contribution < 1.29 is 13.2 Å². The first-order valence-corrected chi connectivity index (χ1v) is 11.7. The van der Waals surface area contributed by atoms with E-state index >= 15 is 0 Å². The minimum atomic E-state index is -3.72. The number of nitrogens with zero attached hydrogens (tertiary/aromatic N) is 1. The Labute approximate surface area is 177 Å². The standard InChI is InChI=1S/C23H27N3O3S/c1-22(2)17-13-14-23(22,3)20(15-17)24-25-21(27)16-9-11-19(12-10-16)30(28,29)26-18-7-5-4-6-8-18/h4-12,17,26H,13-15H2,1-3H3,(H,25,27)/b24-20+/t17-,23-/m0/s1. The summed E-state index contributed by atoms with van der Waals surface area (Å²) in [4.78, 5) is 12.6. The van der Waals surface area contributed by atoms with Crippen LogP contribution in [0.15, 0.2) is 64.6 Å². The topological polar surface area (TPSA) is 87.6 Å². The number of amides is 1. The maximum atomic E-state index is 12.5. The summed E-state index contributed by atoms with van der Waals surface area (Å²) in [5, 5.41) is 4.46. The number of carbonyl (C=O) groups excluding carboxylic acids is 1. The third-order valence-corrected chi connectivity index (χ3v) is 8.65. The van der Waals surface area contributed by atoms with Crippen molar-refractivity contribution in [1.29, 1.82) is 0 Å². The van der Waals surface area contributed by atoms with Gasteiger partial charge in [0.15, 0.2) is 0 Å². The first-order valence-electron chi connectivity index (χ1n) is 10.2. The Kier molecular flexibility index (Phi) is 4.97. The van der Waals surface area contributed by atoms with Crippen LogP contribution in [0, 0.1) is 16.7 Å². The number of anilines is 1. The molecular weight excluding hydrogens is 398 g/mol. The van der Waals surface area contributed by atoms with E-state index in [0.717, 1.165) is 18.6 Å². The smallest absolute Gasteiger partial charge is 0.271 e. The number of hydrogen-bond donors (Lipinski definition) is 2. The van der Waals surface area contributed by atoms with Crippen LogP contribution < -0.4 is 10.1 Å². The third-order valence-electron chi connectivity index (χ3n) is 7.26. The Morgan fingerprint density at radius 3 is 2.27 bits per heavy atom. The fourth-order valence-electron chi connectivity index (χ4n) is 4.79. The van der Waals surface area contributed by atoms with E-state index in [9.17, 15) is 13.2 Å². The van der Waals surface area contributed by atoms with Crippen LogP contribution in [-0.2, 0) is 10.0 Å². The van der Waals surface area contributed by atoms with Crippen molar-refractivity contribution >= 4 is 27.3 Å². The molecule has 4 rings (SSSR count). The highest BCUT2D eigenvalue weighted by Crippen LogP contribution is 2.63. The zero-order valence-corrected chi connectivity index (χ0v) is 18.3. The molecule has 0 radical (unpaired) electrons. The van der Waals surface area contributed by atoms with Gasteiger partial charge in [-0.05, 0) is 67.0 Å². The van der Waals surface area contributed by atoms with Crippen LogP contribution in [-0.4, -0.2) is 20.0 Å². The van der Waals surface area contributed by atoms with E-state index in [0.29, 0.717) is 17.2 Å². The molecule has 2 bridgehead atoms. The molecule has 0 saturated heterocycles. The van der Waals surface area contributed by atoms with Gasteiger partial charge in [0.05, 0.1) is 4.90 Å². The SMILES string of the molecule is CC1(C)[C@H]2CC[C@@]1(C)/C(=N/NC(=O)c1ccc(S(=O)(=O)Nc3ccccc3)cc1)C2. The van der Waals surface area contributed by atoms with Gasteiger partial charge in [0.25, 0.3) is 15.9 Å². The molecule has 158 valence electrons. The van der Waals surface area contributed by atoms with Gasteiger partial charge in [0.2, 0.25) is 0 Å². The Morgan fingerprint density at radius 2 is 1.70 bits per heavy atom. The van der Waals surface area contributed by atoms with Crippen LogP contribution in [0.3, 0.4) is 0 Å². The number of rotatable bonds is 5. The zero-order chi connectivity index (χ0) is 21.6. The summed E-state index contributed by atoms with van der Waals surface area (Å²) in [7, 11) is -3.72. The molecule has 7 heteroatoms. The van der Waals surface area contributed by atoms with E-state index in [1.54, 1.807) is 24.3 Å². The van der Waals surface area contributed by atoms with Crippen LogP contribution >= 0.6 is 0 Å². The molecule has 2 fully saturated rings. The third kappa shape index (κ3) is 3.41. The zero-order valence-electron chi connectivity index (χ0n) is 17.5. The van der Waals surface area contributed by atoms with Crippen molar-refractivity contribution in [3.8, 4) is 0 Å². The predicted molar refractivity (Wildman–Crippen MR) is 118 cm³/mol. The van der Waals surface area contributed by atoms with Crippen molar-refractivity contribution in [3.63, 3.8) is 0 Å². The van der Waals surface area contributed by atoms with Gasteiger partial charge < -0.3 is 0 Å². The molecule has 0 unspecified atom stereocenters. The van der Waals surface area contributed by atoms with Gasteiger partial charge in [-0.15, -0.1) is 0 Å². The number of benzene rings is 2. The Balaban J connectivity index is 1.45. The maximum Gasteiger partial charge on any atom is 0.271 e. The van der Waals surface area contributed by atoms with Crippen molar-refractivity contribution in [2.45, 2.75) is 44.9 Å². The number of sulfonamides is 1. The van der Waals surface area contributed by atoms with Crippen LogP contribution in [0.4, 0.5) is 5.69 Å². The minimum absolute atomic E-state index is 0.0198. The first kappa shape index (κ1) is 20.6. The summed E-state index contributed by atoms with van der Waals surface area (Å²) in [6.07, 6.45) is 3.23. The number of nitrogens with one attached hydrogen (secondary N) is 2. The number of para-hydroxylation sites is 1. The molecular formula is C23H27N3O3S. The number of carbonyl (C=O) groups is 1. The van der Waals surface area contributed by atoms with E-state index in [-0.39, 0.29) is 21.6 Å². The number of hydrogen-bond acceptors (Lipinski definition) is 4. The van der Waals surface area contributed by atoms with E-state index in [1.807, 2.05) is 6.07 Å². The predicted octanol–water partition coefficient (Wildman–Crippen LogP) is 4.42. The molecule has 2 aromatic carbocycles. The Morgan fingerprint density at radius 1 is 1.03 bits per heavy atom. The fourth-order valence-corrected chi connectivity index (χ4v) is 5.84. The van der Waals surface area contributed by atoms with Crippen molar-refractivity contribution in [1.82, 2.24) is 5.43 Å². The molecule has 2 atom stereocenters. The molecule has 2 aromatic rings. The van der Waals surface area contributed by atoms with Crippen LogP contribution in [0.25, 0.3) is 0 Å². The lowest BCUT2D eigenvalue weighted by Crippen LogP contribution is -2.34. The normalized spacial score (nSPS) is 26.0. The van der Waals surface area contributed by atoms with Gasteiger partial charge in [-0.1, -0.05) is 39.0 Å². The summed E-state index contributed by atoms with van der Waals surface area (Å²) in [5.41, 5.74) is 4.79. The van der Waals surface area contributed by atoms with Crippen molar-refractivity contribution in [2.24, 2.45) is 21.8 Å². The van der Waals surface area contributed by atoms with Crippen molar-refractivity contribution in [2.75, 3.05) is 4.72 Å². The largest absolute Gasteiger partial charge is 0.280 e. The molecule has 0 heterocycles. The average molecular weight is 426 g/mol. The average Bonchev–Trinajstić information content (AvgIpc) is 3.06. The molecule has 2 saturated carbocycles. The van der Waals surface area contributed by atoms with Gasteiger partial charge >= 0.3 is 0 Å². The summed E-state index contributed by atoms with van der Waals surface area (Å²) >= 11 is 0. The summed E-state index contributed by atoms with van der Waals surface area (Å²) < 4.78 is 27.6. The van der Waals surface area contributed by atoms with E-state index < -0.39 is 10.0 Å². The highest BCUT2D eigenvalue weighted by molar-refractivity contribution is 7.92. The monoisotopic (exact) mass is 425 g/mol. The number of fused-ring (bicyclic) bond motifs is 2. The molecule has 0 spiro atoms. The van der Waals surface area contributed by atoms with E-state index in [4.69, 9.17) is 0 Å². The number of hydrazone groups is 1. The van der Waals surface area contributed by atoms with Crippen LogP contribution in [0.2, 0.25) is 0 Å². The van der Waals surface area contributed by atoms with Crippen LogP contribution in [0.5, 0.6) is 0 Å². The fraction of sp³-hybridized carbons (Fsp3) is 0.391. The van der Waals surface area contributed by atoms with E-state index in [1.165, 1.54) is 30.7 Å². The quantitative estimate of drug-likeness (QED) is 0.695. The first-order chi connectivity index (χ1) is 14.1. The second-order valence-corrected chi connectivity index (χ2v) is 10.7. The van der Waals surface area contributed by atoms with Gasteiger partial charge in [0, 0.05) is 22.4 Å². The maximum absolute atomic E-state index is 12.5. The molecule has 0 aromatic heterocycles. The lowest BCUT2D eigenvalue weighted by atomic mass is 9.70. The van der Waals surface area contributed by atoms with Crippen molar-refractivity contribution in [3.05, 3.63) is 60.2 Å². The lowest BCUT2D eigenvalue weighted by Gasteiger charge is -2.34. The Hall–Kier alpha value is -2.67. The molecule has 2 aliphatic rings. The molecule has 0 aliphatic heterocycles. The molecule has 30 heavy (non-hydrogen) atoms. The van der Waals surface area contributed by atoms with Gasteiger partial charge in [-0.2, -0.15) is 5.10 Å². The molecule has 2 aliphatic carbocycles. The highest BCUT2D eigenvalue weighted by atomic mass is 32.2. The highest BCUT2D eigenvalue weighted by Gasteiger charge is 2.60. The van der Waals surface area contributed by atoms with E-state index in [2.05, 4.69) is 36.0 Å². The van der Waals surface area contributed by atoms with Crippen LogP contribution in [0.1, 0.15) is 50.4 Å². The van der Waals surface area contributed by atoms with Gasteiger partial charge in [-0.25, -0.2) is 13.8 Å². The second kappa shape index (κ2) is 7.23. The lowest BCUT2D eigenvalue weighted by molar-refractivity contribution is 0.0953. The van der Waals surface area contributed by atoms with Gasteiger partial charge in [0.1, 0.15) is 0 Å².